The lowest BCUT2D eigenvalue weighted by atomic mass is 9.55. The summed E-state index contributed by atoms with van der Waals surface area (Å²) in [6, 6.07) is 4.62. The molecule has 0 aromatic carbocycles. The maximum atomic E-state index is 3.39. The Balaban J connectivity index is 1.17. The minimum Gasteiger partial charge on any atom is -0.367 e. The molecule has 0 aliphatic heterocycles. The predicted octanol–water partition coefficient (Wildman–Crippen LogP) is 9.14. The van der Waals surface area contributed by atoms with Crippen molar-refractivity contribution in [1.29, 1.82) is 0 Å². The molecule has 11 rings (SSSR count). The van der Waals surface area contributed by atoms with Gasteiger partial charge in [0, 0.05) is 24.8 Å². The first kappa shape index (κ1) is 24.5. The van der Waals surface area contributed by atoms with Gasteiger partial charge in [0.1, 0.15) is 0 Å². The van der Waals surface area contributed by atoms with Gasteiger partial charge in [0.15, 0.2) is 0 Å². The van der Waals surface area contributed by atoms with E-state index in [0.29, 0.717) is 10.3 Å². The zero-order chi connectivity index (χ0) is 25.8. The highest BCUT2D eigenvalue weighted by Crippen LogP contribution is 2.79. The highest BCUT2D eigenvalue weighted by molar-refractivity contribution is 7.61. The van der Waals surface area contributed by atoms with E-state index >= 15 is 0 Å². The van der Waals surface area contributed by atoms with E-state index in [1.54, 1.807) is 88.2 Å². The molecule has 2 aromatic heterocycles. The van der Waals surface area contributed by atoms with Crippen molar-refractivity contribution in [2.45, 2.75) is 98.9 Å². The SMILES string of the molecule is PC(C1=C(CP(C23CC4CC(CC(C4)C2)C3)C23CC4CC(CC(C4)C2)C3)C=CC1)(c1cc[nH]c1)c1cc[nH]c1. The molecule has 206 valence electrons. The highest BCUT2D eigenvalue weighted by Gasteiger charge is 2.62. The Hall–Kier alpha value is -1.10. The Bertz CT molecular complexity index is 1150. The van der Waals surface area contributed by atoms with E-state index in [9.17, 15) is 0 Å². The molecule has 8 bridgehead atoms. The van der Waals surface area contributed by atoms with Crippen LogP contribution in [0.1, 0.15) is 94.6 Å². The third-order valence-electron chi connectivity index (χ3n) is 13.1. The Kier molecular flexibility index (Phi) is 5.47. The van der Waals surface area contributed by atoms with Gasteiger partial charge in [-0.25, -0.2) is 0 Å². The van der Waals surface area contributed by atoms with E-state index in [-0.39, 0.29) is 13.1 Å². The normalized spacial score (nSPS) is 42.7. The molecule has 2 heterocycles. The molecule has 0 amide bonds. The molecule has 1 atom stereocenters. The standard InChI is InChI=1S/C35H46N2P2/c38-35(30-4-6-36-20-30,31-5-7-37-21-31)32-3-1-2-29(32)22-39(33-14-23-8-24(15-33)10-25(9-23)16-33)34-17-26-11-27(18-34)13-28(12-26)19-34/h1-2,4-7,20-21,23-28,36-37H,3,8-19,22,38H2. The summed E-state index contributed by atoms with van der Waals surface area (Å²) in [6.07, 6.45) is 35.4. The molecule has 8 fully saturated rings. The molecular formula is C35H46N2P2. The number of allylic oxidation sites excluding steroid dienone is 4. The van der Waals surface area contributed by atoms with Crippen molar-refractivity contribution in [2.24, 2.45) is 35.5 Å². The van der Waals surface area contributed by atoms with Crippen LogP contribution in [-0.2, 0) is 5.16 Å². The Morgan fingerprint density at radius 1 is 0.718 bits per heavy atom. The van der Waals surface area contributed by atoms with Crippen molar-refractivity contribution in [3.63, 3.8) is 0 Å². The van der Waals surface area contributed by atoms with E-state index in [4.69, 9.17) is 0 Å². The van der Waals surface area contributed by atoms with Gasteiger partial charge >= 0.3 is 0 Å². The van der Waals surface area contributed by atoms with Crippen molar-refractivity contribution in [2.75, 3.05) is 6.16 Å². The second-order valence-corrected chi connectivity index (χ2v) is 19.4. The first-order chi connectivity index (χ1) is 19.0. The van der Waals surface area contributed by atoms with E-state index in [1.165, 1.54) is 17.3 Å². The van der Waals surface area contributed by atoms with Gasteiger partial charge in [-0.05, 0) is 170 Å². The predicted molar refractivity (Wildman–Crippen MR) is 166 cm³/mol. The summed E-state index contributed by atoms with van der Waals surface area (Å²) in [5.41, 5.74) is 6.16. The molecule has 4 heteroatoms. The summed E-state index contributed by atoms with van der Waals surface area (Å²) in [7, 11) is 3.32. The molecule has 1 unspecified atom stereocenters. The smallest absolute Gasteiger partial charge is 0.0590 e. The molecule has 0 radical (unpaired) electrons. The van der Waals surface area contributed by atoms with Crippen molar-refractivity contribution in [3.05, 3.63) is 71.3 Å². The van der Waals surface area contributed by atoms with Gasteiger partial charge in [-0.2, -0.15) is 0 Å². The summed E-state index contributed by atoms with van der Waals surface area (Å²) >= 11 is 0. The molecule has 2 N–H and O–H groups in total. The van der Waals surface area contributed by atoms with Gasteiger partial charge in [-0.3, -0.25) is 0 Å². The van der Waals surface area contributed by atoms with Crippen LogP contribution in [-0.4, -0.2) is 26.4 Å². The lowest BCUT2D eigenvalue weighted by Gasteiger charge is -2.67. The van der Waals surface area contributed by atoms with Crippen LogP contribution >= 0.6 is 17.2 Å². The highest BCUT2D eigenvalue weighted by atomic mass is 31.1. The van der Waals surface area contributed by atoms with Crippen molar-refractivity contribution >= 4 is 17.2 Å². The van der Waals surface area contributed by atoms with Crippen LogP contribution in [0.15, 0.2) is 60.2 Å². The van der Waals surface area contributed by atoms with Gasteiger partial charge in [0.05, 0.1) is 5.16 Å². The molecule has 39 heavy (non-hydrogen) atoms. The first-order valence-corrected chi connectivity index (χ1v) is 18.3. The van der Waals surface area contributed by atoms with Crippen LogP contribution in [0.2, 0.25) is 0 Å². The third kappa shape index (κ3) is 3.65. The van der Waals surface area contributed by atoms with E-state index in [1.807, 2.05) is 0 Å². The molecule has 0 saturated heterocycles. The maximum Gasteiger partial charge on any atom is 0.0590 e. The number of aromatic nitrogens is 2. The second-order valence-electron chi connectivity index (χ2n) is 15.5. The zero-order valence-corrected chi connectivity index (χ0v) is 25.6. The van der Waals surface area contributed by atoms with E-state index in [0.717, 1.165) is 41.9 Å². The summed E-state index contributed by atoms with van der Waals surface area (Å²) in [5, 5.41) is 1.23. The molecule has 8 saturated carbocycles. The summed E-state index contributed by atoms with van der Waals surface area (Å²) < 4.78 is 0. The van der Waals surface area contributed by atoms with E-state index < -0.39 is 0 Å². The number of nitrogens with one attached hydrogen (secondary N) is 2. The third-order valence-corrected chi connectivity index (χ3v) is 18.2. The fourth-order valence-electron chi connectivity index (χ4n) is 12.6. The Labute approximate surface area is 238 Å². The van der Waals surface area contributed by atoms with Gasteiger partial charge in [0.2, 0.25) is 0 Å². The van der Waals surface area contributed by atoms with Crippen LogP contribution in [0, 0.1) is 35.5 Å². The Morgan fingerprint density at radius 3 is 1.54 bits per heavy atom. The molecule has 2 aromatic rings. The van der Waals surface area contributed by atoms with Crippen molar-refractivity contribution < 1.29 is 0 Å². The van der Waals surface area contributed by atoms with Crippen LogP contribution in [0.4, 0.5) is 0 Å². The fourth-order valence-corrected chi connectivity index (χ4v) is 18.4. The van der Waals surface area contributed by atoms with Crippen molar-refractivity contribution in [1.82, 2.24) is 9.97 Å². The van der Waals surface area contributed by atoms with Crippen LogP contribution in [0.5, 0.6) is 0 Å². The number of hydrogen-bond acceptors (Lipinski definition) is 0. The van der Waals surface area contributed by atoms with Crippen molar-refractivity contribution in [3.8, 4) is 0 Å². The first-order valence-electron chi connectivity index (χ1n) is 16.2. The summed E-state index contributed by atoms with van der Waals surface area (Å²) in [5.74, 6) is 6.35. The average Bonchev–Trinajstić information content (AvgIpc) is 3.69. The topological polar surface area (TPSA) is 31.6 Å². The zero-order valence-electron chi connectivity index (χ0n) is 23.5. The molecular weight excluding hydrogens is 510 g/mol. The molecule has 2 nitrogen and oxygen atoms in total. The number of hydrogen-bond donors (Lipinski definition) is 2. The second kappa shape index (κ2) is 8.71. The Morgan fingerprint density at radius 2 is 1.15 bits per heavy atom. The number of aromatic amines is 2. The molecule has 9 aliphatic carbocycles. The lowest BCUT2D eigenvalue weighted by Crippen LogP contribution is -2.57. The number of H-pyrrole nitrogens is 2. The fraction of sp³-hybridized carbons (Fsp3) is 0.657. The van der Waals surface area contributed by atoms with Gasteiger partial charge in [-0.15, -0.1) is 9.24 Å². The summed E-state index contributed by atoms with van der Waals surface area (Å²) in [6.45, 7) is 0. The van der Waals surface area contributed by atoms with E-state index in [2.05, 4.69) is 68.3 Å². The van der Waals surface area contributed by atoms with Gasteiger partial charge in [0.25, 0.3) is 0 Å². The van der Waals surface area contributed by atoms with Crippen LogP contribution in [0.3, 0.4) is 0 Å². The lowest BCUT2D eigenvalue weighted by molar-refractivity contribution is 0.0187. The van der Waals surface area contributed by atoms with Gasteiger partial charge < -0.3 is 9.97 Å². The number of rotatable bonds is 7. The minimum absolute atomic E-state index is 0.0426. The minimum atomic E-state index is -0.150. The van der Waals surface area contributed by atoms with Crippen LogP contribution in [0.25, 0.3) is 0 Å². The largest absolute Gasteiger partial charge is 0.367 e. The summed E-state index contributed by atoms with van der Waals surface area (Å²) in [4.78, 5) is 6.78. The van der Waals surface area contributed by atoms with Crippen LogP contribution < -0.4 is 0 Å². The average molecular weight is 557 g/mol. The maximum absolute atomic E-state index is 3.39. The monoisotopic (exact) mass is 556 g/mol. The van der Waals surface area contributed by atoms with Gasteiger partial charge in [-0.1, -0.05) is 20.1 Å². The molecule has 9 aliphatic rings. The molecule has 0 spiro atoms. The quantitative estimate of drug-likeness (QED) is 0.319.